The molecule has 2 rings (SSSR count). The van der Waals surface area contributed by atoms with Gasteiger partial charge in [0.1, 0.15) is 11.5 Å². The van der Waals surface area contributed by atoms with Gasteiger partial charge in [-0.25, -0.2) is 0 Å². The normalized spacial score (nSPS) is 12.3. The fourth-order valence-electron chi connectivity index (χ4n) is 2.40. The van der Waals surface area contributed by atoms with Crippen LogP contribution in [0.3, 0.4) is 0 Å². The lowest BCUT2D eigenvalue weighted by Gasteiger charge is -2.18. The molecular formula is C19H20F3NO3. The molecule has 0 saturated carbocycles. The largest absolute Gasteiger partial charge is 0.497 e. The maximum atomic E-state index is 12.7. The molecule has 0 unspecified atom stereocenters. The predicted molar refractivity (Wildman–Crippen MR) is 91.1 cm³/mol. The third kappa shape index (κ3) is 5.40. The lowest BCUT2D eigenvalue weighted by atomic mass is 10.0. The van der Waals surface area contributed by atoms with Crippen LogP contribution in [0.25, 0.3) is 0 Å². The Bertz CT molecular complexity index is 730. The van der Waals surface area contributed by atoms with Gasteiger partial charge in [-0.05, 0) is 42.3 Å². The van der Waals surface area contributed by atoms with Crippen LogP contribution < -0.4 is 14.8 Å². The Morgan fingerprint density at radius 3 is 2.38 bits per heavy atom. The van der Waals surface area contributed by atoms with E-state index < -0.39 is 17.6 Å². The summed E-state index contributed by atoms with van der Waals surface area (Å²) in [7, 11) is 1.57. The highest BCUT2D eigenvalue weighted by Gasteiger charge is 2.30. The molecule has 1 atom stereocenters. The maximum Gasteiger partial charge on any atom is 0.416 e. The Hall–Kier alpha value is -2.70. The molecule has 2 aromatic carbocycles. The fourth-order valence-corrected chi connectivity index (χ4v) is 2.40. The number of carbonyl (C=O) groups is 1. The molecule has 26 heavy (non-hydrogen) atoms. The van der Waals surface area contributed by atoms with Gasteiger partial charge in [-0.3, -0.25) is 4.79 Å². The topological polar surface area (TPSA) is 47.6 Å². The van der Waals surface area contributed by atoms with E-state index in [1.807, 2.05) is 19.1 Å². The van der Waals surface area contributed by atoms with Crippen LogP contribution in [0.4, 0.5) is 13.2 Å². The summed E-state index contributed by atoms with van der Waals surface area (Å²) in [5.74, 6) is 0.292. The fraction of sp³-hybridized carbons (Fsp3) is 0.316. The van der Waals surface area contributed by atoms with Crippen molar-refractivity contribution in [2.45, 2.75) is 25.6 Å². The molecule has 2 aromatic rings. The van der Waals surface area contributed by atoms with E-state index >= 15 is 0 Å². The second-order valence-corrected chi connectivity index (χ2v) is 5.62. The van der Waals surface area contributed by atoms with Crippen molar-refractivity contribution in [2.75, 3.05) is 13.7 Å². The van der Waals surface area contributed by atoms with Gasteiger partial charge < -0.3 is 14.8 Å². The van der Waals surface area contributed by atoms with Gasteiger partial charge >= 0.3 is 6.18 Å². The van der Waals surface area contributed by atoms with E-state index in [9.17, 15) is 18.0 Å². The van der Waals surface area contributed by atoms with Crippen molar-refractivity contribution in [3.8, 4) is 11.5 Å². The lowest BCUT2D eigenvalue weighted by molar-refractivity contribution is -0.137. The number of halogens is 3. The monoisotopic (exact) mass is 367 g/mol. The van der Waals surface area contributed by atoms with Gasteiger partial charge in [-0.2, -0.15) is 13.2 Å². The molecule has 4 nitrogen and oxygen atoms in total. The lowest BCUT2D eigenvalue weighted by Crippen LogP contribution is -2.32. The van der Waals surface area contributed by atoms with Crippen molar-refractivity contribution in [2.24, 2.45) is 0 Å². The quantitative estimate of drug-likeness (QED) is 0.791. The number of nitrogens with one attached hydrogen (secondary N) is 1. The highest BCUT2D eigenvalue weighted by atomic mass is 19.4. The smallest absolute Gasteiger partial charge is 0.416 e. The molecule has 0 aliphatic carbocycles. The molecule has 0 aromatic heterocycles. The van der Waals surface area contributed by atoms with E-state index in [4.69, 9.17) is 9.47 Å². The van der Waals surface area contributed by atoms with E-state index in [1.54, 1.807) is 19.2 Å². The number of carbonyl (C=O) groups excluding carboxylic acids is 1. The first-order valence-electron chi connectivity index (χ1n) is 8.07. The SMILES string of the molecule is CC[C@@H](NC(=O)COc1cccc(C(F)(F)F)c1)c1ccc(OC)cc1. The molecule has 140 valence electrons. The Kier molecular flexibility index (Phi) is 6.49. The number of methoxy groups -OCH3 is 1. The van der Waals surface area contributed by atoms with Gasteiger partial charge in [0.25, 0.3) is 5.91 Å². The molecule has 7 heteroatoms. The van der Waals surface area contributed by atoms with Gasteiger partial charge in [-0.15, -0.1) is 0 Å². The van der Waals surface area contributed by atoms with Crippen LogP contribution in [0.2, 0.25) is 0 Å². The summed E-state index contributed by atoms with van der Waals surface area (Å²) in [6, 6.07) is 11.5. The molecule has 1 amide bonds. The van der Waals surface area contributed by atoms with Crippen LogP contribution >= 0.6 is 0 Å². The second-order valence-electron chi connectivity index (χ2n) is 5.62. The highest BCUT2D eigenvalue weighted by molar-refractivity contribution is 5.78. The molecule has 0 heterocycles. The van der Waals surface area contributed by atoms with Gasteiger partial charge in [0.05, 0.1) is 18.7 Å². The van der Waals surface area contributed by atoms with Crippen LogP contribution in [0.5, 0.6) is 11.5 Å². The molecule has 0 spiro atoms. The van der Waals surface area contributed by atoms with Crippen LogP contribution in [0.15, 0.2) is 48.5 Å². The van der Waals surface area contributed by atoms with Gasteiger partial charge in [0.2, 0.25) is 0 Å². The average Bonchev–Trinajstić information content (AvgIpc) is 2.64. The number of alkyl halides is 3. The Morgan fingerprint density at radius 1 is 1.12 bits per heavy atom. The first-order chi connectivity index (χ1) is 12.3. The third-order valence-electron chi connectivity index (χ3n) is 3.79. The van der Waals surface area contributed by atoms with Crippen molar-refractivity contribution in [1.29, 1.82) is 0 Å². The number of hydrogen-bond acceptors (Lipinski definition) is 3. The molecular weight excluding hydrogens is 347 g/mol. The standard InChI is InChI=1S/C19H20F3NO3/c1-3-17(13-7-9-15(25-2)10-8-13)23-18(24)12-26-16-6-4-5-14(11-16)19(20,21)22/h4-11,17H,3,12H2,1-2H3,(H,23,24)/t17-/m1/s1. The minimum atomic E-state index is -4.46. The van der Waals surface area contributed by atoms with E-state index in [0.717, 1.165) is 17.7 Å². The van der Waals surface area contributed by atoms with Crippen molar-refractivity contribution in [1.82, 2.24) is 5.32 Å². The van der Waals surface area contributed by atoms with E-state index in [0.29, 0.717) is 12.2 Å². The zero-order valence-corrected chi connectivity index (χ0v) is 14.5. The first-order valence-corrected chi connectivity index (χ1v) is 8.07. The van der Waals surface area contributed by atoms with Crippen molar-refractivity contribution in [3.05, 3.63) is 59.7 Å². The summed E-state index contributed by atoms with van der Waals surface area (Å²) in [5.41, 5.74) is 0.0841. The number of rotatable bonds is 7. The Morgan fingerprint density at radius 2 is 1.81 bits per heavy atom. The van der Waals surface area contributed by atoms with E-state index in [2.05, 4.69) is 5.32 Å². The average molecular weight is 367 g/mol. The van der Waals surface area contributed by atoms with Gasteiger partial charge in [0.15, 0.2) is 6.61 Å². The molecule has 0 aliphatic heterocycles. The third-order valence-corrected chi connectivity index (χ3v) is 3.79. The number of benzene rings is 2. The second kappa shape index (κ2) is 8.60. The maximum absolute atomic E-state index is 12.7. The number of amides is 1. The van der Waals surface area contributed by atoms with Crippen molar-refractivity contribution >= 4 is 5.91 Å². The van der Waals surface area contributed by atoms with Crippen LogP contribution in [-0.2, 0) is 11.0 Å². The zero-order chi connectivity index (χ0) is 19.2. The van der Waals surface area contributed by atoms with Crippen LogP contribution in [-0.4, -0.2) is 19.6 Å². The van der Waals surface area contributed by atoms with E-state index in [-0.39, 0.29) is 18.4 Å². The zero-order valence-electron chi connectivity index (χ0n) is 14.5. The molecule has 0 fully saturated rings. The molecule has 1 N–H and O–H groups in total. The van der Waals surface area contributed by atoms with Gasteiger partial charge in [0, 0.05) is 0 Å². The predicted octanol–water partition coefficient (Wildman–Crippen LogP) is 4.36. The van der Waals surface area contributed by atoms with Crippen molar-refractivity contribution < 1.29 is 27.4 Å². The number of ether oxygens (including phenoxy) is 2. The summed E-state index contributed by atoms with van der Waals surface area (Å²) in [4.78, 5) is 12.1. The minimum Gasteiger partial charge on any atom is -0.497 e. The van der Waals surface area contributed by atoms with Gasteiger partial charge in [-0.1, -0.05) is 25.1 Å². The summed E-state index contributed by atoms with van der Waals surface area (Å²) < 4.78 is 48.3. The minimum absolute atomic E-state index is 0.00697. The highest BCUT2D eigenvalue weighted by Crippen LogP contribution is 2.31. The molecule has 0 saturated heterocycles. The van der Waals surface area contributed by atoms with Crippen LogP contribution in [0.1, 0.15) is 30.5 Å². The first kappa shape index (κ1) is 19.6. The number of hydrogen-bond donors (Lipinski definition) is 1. The summed E-state index contributed by atoms with van der Waals surface area (Å²) in [6.45, 7) is 1.55. The Labute approximate surface area is 149 Å². The van der Waals surface area contributed by atoms with Crippen molar-refractivity contribution in [3.63, 3.8) is 0 Å². The molecule has 0 bridgehead atoms. The summed E-state index contributed by atoms with van der Waals surface area (Å²) in [5, 5.41) is 2.81. The molecule has 0 aliphatic rings. The Balaban J connectivity index is 1.94. The summed E-state index contributed by atoms with van der Waals surface area (Å²) in [6.07, 6.45) is -3.80. The van der Waals surface area contributed by atoms with E-state index in [1.165, 1.54) is 12.1 Å². The summed E-state index contributed by atoms with van der Waals surface area (Å²) >= 11 is 0. The van der Waals surface area contributed by atoms with Crippen LogP contribution in [0, 0.1) is 0 Å². The molecule has 0 radical (unpaired) electrons.